The largest absolute Gasteiger partial charge is 0.481 e. The molecule has 4 N–H and O–H groups in total. The van der Waals surface area contributed by atoms with Crippen molar-refractivity contribution in [3.63, 3.8) is 0 Å². The van der Waals surface area contributed by atoms with Crippen molar-refractivity contribution in [1.29, 1.82) is 0 Å². The average molecular weight is 475 g/mol. The first kappa shape index (κ1) is 24.8. The van der Waals surface area contributed by atoms with Crippen molar-refractivity contribution in [3.05, 3.63) is 11.6 Å². The van der Waals surface area contributed by atoms with Gasteiger partial charge in [-0.2, -0.15) is 0 Å². The van der Waals surface area contributed by atoms with Gasteiger partial charge in [-0.15, -0.1) is 0 Å². The molecule has 4 saturated carbocycles. The molecular weight excluding hydrogens is 428 g/mol. The van der Waals surface area contributed by atoms with E-state index in [1.165, 1.54) is 0 Å². The van der Waals surface area contributed by atoms with Gasteiger partial charge in [0.15, 0.2) is 0 Å². The second kappa shape index (κ2) is 8.05. The van der Waals surface area contributed by atoms with Gasteiger partial charge in [0.1, 0.15) is 0 Å². The Bertz CT molecular complexity index is 869. The van der Waals surface area contributed by atoms with Gasteiger partial charge in [-0.25, -0.2) is 0 Å². The molecule has 0 radical (unpaired) electrons. The summed E-state index contributed by atoms with van der Waals surface area (Å²) in [4.78, 5) is 12.2. The van der Waals surface area contributed by atoms with Crippen LogP contribution in [-0.2, 0) is 4.79 Å². The Hall–Kier alpha value is -0.910. The zero-order valence-electron chi connectivity index (χ0n) is 21.7. The number of carboxylic acids is 1. The molecule has 0 aromatic heterocycles. The van der Waals surface area contributed by atoms with Crippen molar-refractivity contribution in [2.45, 2.75) is 91.8 Å². The maximum absolute atomic E-state index is 12.2. The fraction of sp³-hybridized carbons (Fsp3) is 0.897. The van der Waals surface area contributed by atoms with E-state index in [1.54, 1.807) is 5.57 Å². The normalized spacial score (nSPS) is 56.9. The first-order chi connectivity index (χ1) is 15.9. The topological polar surface area (TPSA) is 98.0 Å². The van der Waals surface area contributed by atoms with E-state index < -0.39 is 23.6 Å². The molecule has 0 heterocycles. The van der Waals surface area contributed by atoms with Crippen molar-refractivity contribution >= 4 is 5.97 Å². The number of aliphatic hydroxyl groups excluding tert-OH is 3. The summed E-state index contributed by atoms with van der Waals surface area (Å²) in [5.41, 5.74) is 0.805. The lowest BCUT2D eigenvalue weighted by atomic mass is 9.38. The van der Waals surface area contributed by atoms with Crippen LogP contribution < -0.4 is 0 Å². The number of fused-ring (bicyclic) bond motifs is 7. The summed E-state index contributed by atoms with van der Waals surface area (Å²) < 4.78 is 0. The minimum Gasteiger partial charge on any atom is -0.481 e. The Morgan fingerprint density at radius 2 is 1.79 bits per heavy atom. The standard InChI is InChI=1S/C29H46O5/c1-15-12-18(26(33)34)17-10-11-27(3)19-8-9-23-28(4,13-22(31)25(32)29(23,5)14-30)20(19)6-7-21(27)24(17)16(15)2/h7,15-20,22-25,30-32H,6,8-14H2,1-5H3,(H,33,34). The molecule has 192 valence electrons. The van der Waals surface area contributed by atoms with Gasteiger partial charge in [0, 0.05) is 5.41 Å². The molecule has 5 aliphatic rings. The summed E-state index contributed by atoms with van der Waals surface area (Å²) in [5.74, 6) is 1.78. The first-order valence-corrected chi connectivity index (χ1v) is 13.8. The van der Waals surface area contributed by atoms with Crippen LogP contribution in [0.15, 0.2) is 11.6 Å². The van der Waals surface area contributed by atoms with Gasteiger partial charge in [-0.1, -0.05) is 46.3 Å². The number of aliphatic hydroxyl groups is 3. The molecule has 0 aromatic rings. The lowest BCUT2D eigenvalue weighted by molar-refractivity contribution is -0.224. The van der Waals surface area contributed by atoms with Gasteiger partial charge in [0.25, 0.3) is 0 Å². The number of carbonyl (C=O) groups is 1. The van der Waals surface area contributed by atoms with Crippen molar-refractivity contribution in [2.75, 3.05) is 6.61 Å². The highest BCUT2D eigenvalue weighted by Crippen LogP contribution is 2.70. The molecule has 0 aliphatic heterocycles. The molecular formula is C29H46O5. The number of aliphatic carboxylic acids is 1. The third-order valence-corrected chi connectivity index (χ3v) is 12.5. The number of hydrogen-bond acceptors (Lipinski definition) is 4. The minimum absolute atomic E-state index is 0.0725. The van der Waals surface area contributed by atoms with Crippen LogP contribution in [-0.4, -0.2) is 45.2 Å². The SMILES string of the molecule is CC1CC(C(=O)O)C2CCC3(C)C(=CCC4C3CCC3C(C)(CO)C(O)C(O)CC43C)C2C1C. The molecule has 0 aromatic carbocycles. The molecule has 0 saturated heterocycles. The van der Waals surface area contributed by atoms with Crippen LogP contribution in [0.2, 0.25) is 0 Å². The maximum Gasteiger partial charge on any atom is 0.306 e. The molecule has 13 unspecified atom stereocenters. The van der Waals surface area contributed by atoms with Crippen LogP contribution in [0.3, 0.4) is 0 Å². The highest BCUT2D eigenvalue weighted by atomic mass is 16.4. The fourth-order valence-corrected chi connectivity index (χ4v) is 10.6. The van der Waals surface area contributed by atoms with Gasteiger partial charge >= 0.3 is 5.97 Å². The minimum atomic E-state index is -0.884. The van der Waals surface area contributed by atoms with Crippen molar-refractivity contribution in [1.82, 2.24) is 0 Å². The van der Waals surface area contributed by atoms with E-state index in [1.807, 2.05) is 6.92 Å². The fourth-order valence-electron chi connectivity index (χ4n) is 10.6. The number of hydrogen-bond donors (Lipinski definition) is 4. The summed E-state index contributed by atoms with van der Waals surface area (Å²) in [7, 11) is 0. The molecule has 4 fully saturated rings. The van der Waals surface area contributed by atoms with E-state index in [4.69, 9.17) is 0 Å². The smallest absolute Gasteiger partial charge is 0.306 e. The first-order valence-electron chi connectivity index (χ1n) is 13.8. The molecule has 5 heteroatoms. The van der Waals surface area contributed by atoms with Crippen LogP contribution >= 0.6 is 0 Å². The number of allylic oxidation sites excluding steroid dienone is 2. The Kier molecular flexibility index (Phi) is 5.86. The second-order valence-corrected chi connectivity index (χ2v) is 13.8. The Labute approximate surface area is 205 Å². The quantitative estimate of drug-likeness (QED) is 0.442. The molecule has 34 heavy (non-hydrogen) atoms. The average Bonchev–Trinajstić information content (AvgIpc) is 2.79. The third kappa shape index (κ3) is 3.11. The van der Waals surface area contributed by atoms with Crippen LogP contribution in [0.4, 0.5) is 0 Å². The molecule has 0 amide bonds. The van der Waals surface area contributed by atoms with Crippen molar-refractivity contribution in [3.8, 4) is 0 Å². The predicted molar refractivity (Wildman–Crippen MR) is 131 cm³/mol. The molecule has 5 rings (SSSR count). The van der Waals surface area contributed by atoms with E-state index in [0.717, 1.165) is 38.5 Å². The van der Waals surface area contributed by atoms with Gasteiger partial charge in [-0.05, 0) is 97.2 Å². The van der Waals surface area contributed by atoms with Crippen LogP contribution in [0, 0.1) is 63.6 Å². The van der Waals surface area contributed by atoms with E-state index in [2.05, 4.69) is 33.8 Å². The highest BCUT2D eigenvalue weighted by Gasteiger charge is 2.65. The zero-order chi connectivity index (χ0) is 24.8. The predicted octanol–water partition coefficient (Wildman–Crippen LogP) is 4.50. The van der Waals surface area contributed by atoms with Crippen LogP contribution in [0.5, 0.6) is 0 Å². The van der Waals surface area contributed by atoms with E-state index in [-0.39, 0.29) is 35.2 Å². The van der Waals surface area contributed by atoms with Gasteiger partial charge in [0.05, 0.1) is 24.7 Å². The van der Waals surface area contributed by atoms with E-state index in [9.17, 15) is 25.2 Å². The number of carboxylic acid groups (broad SMARTS) is 1. The lowest BCUT2D eigenvalue weighted by Gasteiger charge is -2.67. The summed E-state index contributed by atoms with van der Waals surface area (Å²) in [5, 5.41) is 42.1. The third-order valence-electron chi connectivity index (χ3n) is 12.5. The van der Waals surface area contributed by atoms with E-state index in [0.29, 0.717) is 36.0 Å². The van der Waals surface area contributed by atoms with Crippen LogP contribution in [0.1, 0.15) is 79.6 Å². The van der Waals surface area contributed by atoms with Crippen molar-refractivity contribution in [2.24, 2.45) is 63.6 Å². The van der Waals surface area contributed by atoms with Gasteiger partial charge < -0.3 is 20.4 Å². The number of rotatable bonds is 2. The Morgan fingerprint density at radius 1 is 1.09 bits per heavy atom. The Morgan fingerprint density at radius 3 is 2.44 bits per heavy atom. The van der Waals surface area contributed by atoms with E-state index >= 15 is 0 Å². The van der Waals surface area contributed by atoms with Crippen LogP contribution in [0.25, 0.3) is 0 Å². The lowest BCUT2D eigenvalue weighted by Crippen LogP contribution is -2.65. The molecule has 0 bridgehead atoms. The molecule has 13 atom stereocenters. The molecule has 0 spiro atoms. The summed E-state index contributed by atoms with van der Waals surface area (Å²) in [6.07, 6.45) is 7.26. The Balaban J connectivity index is 1.54. The maximum atomic E-state index is 12.2. The van der Waals surface area contributed by atoms with Gasteiger partial charge in [-0.3, -0.25) is 4.79 Å². The second-order valence-electron chi connectivity index (χ2n) is 13.8. The highest BCUT2D eigenvalue weighted by molar-refractivity contribution is 5.71. The molecule has 5 aliphatic carbocycles. The zero-order valence-corrected chi connectivity index (χ0v) is 21.7. The molecule has 5 nitrogen and oxygen atoms in total. The van der Waals surface area contributed by atoms with Crippen molar-refractivity contribution < 1.29 is 25.2 Å². The summed E-state index contributed by atoms with van der Waals surface area (Å²) in [6, 6.07) is 0. The van der Waals surface area contributed by atoms with Gasteiger partial charge in [0.2, 0.25) is 0 Å². The summed E-state index contributed by atoms with van der Waals surface area (Å²) >= 11 is 0. The summed E-state index contributed by atoms with van der Waals surface area (Å²) in [6.45, 7) is 11.2. The monoisotopic (exact) mass is 474 g/mol.